The van der Waals surface area contributed by atoms with Gasteiger partial charge in [0.05, 0.1) is 0 Å². The quantitative estimate of drug-likeness (QED) is 0.832. The average Bonchev–Trinajstić information content (AvgIpc) is 2.64. The molecule has 0 aliphatic heterocycles. The van der Waals surface area contributed by atoms with Crippen LogP contribution in [0.2, 0.25) is 0 Å². The fourth-order valence-electron chi connectivity index (χ4n) is 1.57. The van der Waals surface area contributed by atoms with E-state index in [1.165, 1.54) is 0 Å². The third-order valence-electron chi connectivity index (χ3n) is 2.40. The number of furan rings is 1. The molecule has 1 aromatic carbocycles. The van der Waals surface area contributed by atoms with Crippen LogP contribution in [0, 0.1) is 6.92 Å². The van der Waals surface area contributed by atoms with Gasteiger partial charge in [-0.15, -0.1) is 0 Å². The second-order valence-corrected chi connectivity index (χ2v) is 4.46. The summed E-state index contributed by atoms with van der Waals surface area (Å²) in [5.74, 6) is 0.474. The fraction of sp³-hybridized carbons (Fsp3) is 0.167. The second-order valence-electron chi connectivity index (χ2n) is 3.68. The first-order valence-electron chi connectivity index (χ1n) is 4.87. The predicted molar refractivity (Wildman–Crippen MR) is 66.1 cm³/mol. The van der Waals surface area contributed by atoms with Crippen LogP contribution < -0.4 is 5.73 Å². The molecule has 3 N–H and O–H groups in total. The van der Waals surface area contributed by atoms with Gasteiger partial charge in [0.2, 0.25) is 0 Å². The minimum absolute atomic E-state index is 0.474. The number of aryl methyl sites for hydroxylation is 1. The van der Waals surface area contributed by atoms with E-state index in [-0.39, 0.29) is 0 Å². The van der Waals surface area contributed by atoms with Crippen LogP contribution >= 0.6 is 15.9 Å². The lowest BCUT2D eigenvalue weighted by atomic mass is 10.0. The number of halogens is 1. The zero-order chi connectivity index (χ0) is 11.7. The molecule has 0 radical (unpaired) electrons. The van der Waals surface area contributed by atoms with Gasteiger partial charge in [0.1, 0.15) is 11.9 Å². The van der Waals surface area contributed by atoms with E-state index in [2.05, 4.69) is 15.9 Å². The van der Waals surface area contributed by atoms with Gasteiger partial charge < -0.3 is 15.3 Å². The highest BCUT2D eigenvalue weighted by Crippen LogP contribution is 2.29. The van der Waals surface area contributed by atoms with Crippen molar-refractivity contribution in [1.29, 1.82) is 0 Å². The van der Waals surface area contributed by atoms with E-state index in [0.29, 0.717) is 21.7 Å². The molecule has 1 heterocycles. The highest BCUT2D eigenvalue weighted by molar-refractivity contribution is 9.10. The van der Waals surface area contributed by atoms with Crippen LogP contribution in [0.15, 0.2) is 39.4 Å². The van der Waals surface area contributed by atoms with Gasteiger partial charge in [-0.05, 0) is 46.6 Å². The normalized spacial score (nSPS) is 12.7. The zero-order valence-electron chi connectivity index (χ0n) is 8.77. The summed E-state index contributed by atoms with van der Waals surface area (Å²) in [6.07, 6.45) is -0.827. The molecule has 0 saturated carbocycles. The van der Waals surface area contributed by atoms with Crippen molar-refractivity contribution in [3.63, 3.8) is 0 Å². The highest BCUT2D eigenvalue weighted by atomic mass is 79.9. The number of aliphatic hydroxyl groups excluding tert-OH is 1. The molecule has 16 heavy (non-hydrogen) atoms. The second kappa shape index (κ2) is 4.31. The average molecular weight is 282 g/mol. The topological polar surface area (TPSA) is 59.4 Å². The van der Waals surface area contributed by atoms with Crippen LogP contribution in [0.4, 0.5) is 5.69 Å². The summed E-state index contributed by atoms with van der Waals surface area (Å²) in [7, 11) is 0. The molecule has 0 aliphatic carbocycles. The Bertz CT molecular complexity index is 507. The van der Waals surface area contributed by atoms with Gasteiger partial charge in [-0.2, -0.15) is 0 Å². The molecule has 0 saturated heterocycles. The van der Waals surface area contributed by atoms with E-state index < -0.39 is 6.10 Å². The Balaban J connectivity index is 2.37. The summed E-state index contributed by atoms with van der Waals surface area (Å²) in [6, 6.07) is 9.01. The third kappa shape index (κ3) is 2.13. The molecule has 1 aromatic heterocycles. The Kier molecular flexibility index (Phi) is 3.03. The number of aliphatic hydroxyl groups is 1. The van der Waals surface area contributed by atoms with Gasteiger partial charge in [0.15, 0.2) is 4.67 Å². The number of rotatable bonds is 2. The maximum Gasteiger partial charge on any atom is 0.169 e. The minimum Gasteiger partial charge on any atom is -0.451 e. The number of nitrogen functional groups attached to an aromatic ring is 1. The monoisotopic (exact) mass is 281 g/mol. The molecule has 1 atom stereocenters. The molecule has 0 spiro atoms. The third-order valence-corrected chi connectivity index (χ3v) is 2.83. The minimum atomic E-state index is -0.827. The van der Waals surface area contributed by atoms with Crippen molar-refractivity contribution in [1.82, 2.24) is 0 Å². The Morgan fingerprint density at radius 1 is 1.31 bits per heavy atom. The van der Waals surface area contributed by atoms with E-state index in [4.69, 9.17) is 10.2 Å². The number of hydrogen-bond donors (Lipinski definition) is 2. The summed E-state index contributed by atoms with van der Waals surface area (Å²) in [4.78, 5) is 0. The zero-order valence-corrected chi connectivity index (χ0v) is 10.4. The van der Waals surface area contributed by atoms with Crippen molar-refractivity contribution in [3.05, 3.63) is 51.9 Å². The molecule has 0 amide bonds. The van der Waals surface area contributed by atoms with Crippen molar-refractivity contribution in [3.8, 4) is 0 Å². The first kappa shape index (κ1) is 11.2. The number of anilines is 1. The van der Waals surface area contributed by atoms with Crippen LogP contribution in [0.3, 0.4) is 0 Å². The van der Waals surface area contributed by atoms with E-state index >= 15 is 0 Å². The van der Waals surface area contributed by atoms with Crippen molar-refractivity contribution < 1.29 is 9.52 Å². The van der Waals surface area contributed by atoms with Crippen LogP contribution in [0.25, 0.3) is 0 Å². The lowest BCUT2D eigenvalue weighted by molar-refractivity contribution is 0.188. The van der Waals surface area contributed by atoms with Crippen molar-refractivity contribution in [2.75, 3.05) is 5.73 Å². The summed E-state index contributed by atoms with van der Waals surface area (Å²) < 4.78 is 5.89. The summed E-state index contributed by atoms with van der Waals surface area (Å²) in [5.41, 5.74) is 8.15. The van der Waals surface area contributed by atoms with Crippen LogP contribution in [-0.4, -0.2) is 5.11 Å². The maximum atomic E-state index is 10.1. The molecule has 84 valence electrons. The SMILES string of the molecule is Cc1ccc(C(O)c2ccc(Br)o2)c(N)c1. The Morgan fingerprint density at radius 2 is 2.06 bits per heavy atom. The lowest BCUT2D eigenvalue weighted by Gasteiger charge is -2.11. The molecular formula is C12H12BrNO2. The molecule has 4 heteroatoms. The Labute approximate surface area is 102 Å². The van der Waals surface area contributed by atoms with E-state index in [0.717, 1.165) is 5.56 Å². The fourth-order valence-corrected chi connectivity index (χ4v) is 1.89. The molecule has 0 fully saturated rings. The molecule has 2 aromatic rings. The smallest absolute Gasteiger partial charge is 0.169 e. The van der Waals surface area contributed by atoms with Crippen LogP contribution in [0.5, 0.6) is 0 Å². The molecule has 1 unspecified atom stereocenters. The van der Waals surface area contributed by atoms with Crippen LogP contribution in [-0.2, 0) is 0 Å². The number of nitrogens with two attached hydrogens (primary N) is 1. The van der Waals surface area contributed by atoms with Gasteiger partial charge in [0, 0.05) is 11.3 Å². The Hall–Kier alpha value is -1.26. The van der Waals surface area contributed by atoms with Crippen molar-refractivity contribution >= 4 is 21.6 Å². The van der Waals surface area contributed by atoms with Gasteiger partial charge in [0.25, 0.3) is 0 Å². The summed E-state index contributed by atoms with van der Waals surface area (Å²) >= 11 is 3.19. The van der Waals surface area contributed by atoms with Gasteiger partial charge in [-0.25, -0.2) is 0 Å². The van der Waals surface area contributed by atoms with E-state index in [1.54, 1.807) is 12.1 Å². The molecule has 2 rings (SSSR count). The van der Waals surface area contributed by atoms with Gasteiger partial charge in [-0.3, -0.25) is 0 Å². The standard InChI is InChI=1S/C12H12BrNO2/c1-7-2-3-8(9(14)6-7)12(15)10-4-5-11(13)16-10/h2-6,12,15H,14H2,1H3. The van der Waals surface area contributed by atoms with E-state index in [1.807, 2.05) is 25.1 Å². The predicted octanol–water partition coefficient (Wildman–Crippen LogP) is 3.01. The summed E-state index contributed by atoms with van der Waals surface area (Å²) in [6.45, 7) is 1.95. The molecular weight excluding hydrogens is 270 g/mol. The molecule has 0 bridgehead atoms. The van der Waals surface area contributed by atoms with Crippen molar-refractivity contribution in [2.45, 2.75) is 13.0 Å². The lowest BCUT2D eigenvalue weighted by Crippen LogP contribution is -2.03. The van der Waals surface area contributed by atoms with Gasteiger partial charge in [-0.1, -0.05) is 12.1 Å². The van der Waals surface area contributed by atoms with E-state index in [9.17, 15) is 5.11 Å². The number of benzene rings is 1. The Morgan fingerprint density at radius 3 is 2.62 bits per heavy atom. The van der Waals surface area contributed by atoms with Gasteiger partial charge >= 0.3 is 0 Å². The first-order chi connectivity index (χ1) is 7.58. The largest absolute Gasteiger partial charge is 0.451 e. The van der Waals surface area contributed by atoms with Crippen molar-refractivity contribution in [2.24, 2.45) is 0 Å². The van der Waals surface area contributed by atoms with Crippen LogP contribution in [0.1, 0.15) is 23.0 Å². The highest BCUT2D eigenvalue weighted by Gasteiger charge is 2.16. The molecule has 3 nitrogen and oxygen atoms in total. The first-order valence-corrected chi connectivity index (χ1v) is 5.66. The number of hydrogen-bond acceptors (Lipinski definition) is 3. The summed E-state index contributed by atoms with van der Waals surface area (Å²) in [5, 5.41) is 10.1. The molecule has 0 aliphatic rings. The maximum absolute atomic E-state index is 10.1.